The number of nitrogens with one attached hydrogen (secondary N) is 1. The second-order valence-corrected chi connectivity index (χ2v) is 8.78. The molecule has 1 fully saturated rings. The summed E-state index contributed by atoms with van der Waals surface area (Å²) in [6.45, 7) is 7.42. The van der Waals surface area contributed by atoms with Crippen molar-refractivity contribution >= 4 is 39.8 Å². The molecule has 1 N–H and O–H groups in total. The van der Waals surface area contributed by atoms with E-state index in [1.807, 2.05) is 49.4 Å². The van der Waals surface area contributed by atoms with Crippen molar-refractivity contribution < 1.29 is 14.3 Å². The molecule has 8 heteroatoms. The zero-order valence-corrected chi connectivity index (χ0v) is 19.4. The number of amides is 2. The molecule has 1 aromatic heterocycles. The smallest absolute Gasteiger partial charge is 0.271 e. The molecule has 0 aliphatic carbocycles. The molecule has 2 amide bonds. The van der Waals surface area contributed by atoms with Gasteiger partial charge in [0.25, 0.3) is 5.91 Å². The predicted molar refractivity (Wildman–Crippen MR) is 133 cm³/mol. The second kappa shape index (κ2) is 9.79. The van der Waals surface area contributed by atoms with Gasteiger partial charge in [0.2, 0.25) is 5.91 Å². The Labute approximate surface area is 198 Å². The first-order chi connectivity index (χ1) is 16.6. The van der Waals surface area contributed by atoms with E-state index in [1.54, 1.807) is 0 Å². The minimum absolute atomic E-state index is 0.109. The minimum Gasteiger partial charge on any atom is -0.379 e. The predicted octanol–water partition coefficient (Wildman–Crippen LogP) is 3.40. The zero-order valence-electron chi connectivity index (χ0n) is 19.4. The van der Waals surface area contributed by atoms with Crippen molar-refractivity contribution in [3.8, 4) is 0 Å². The van der Waals surface area contributed by atoms with Crippen LogP contribution in [0.4, 0.5) is 11.4 Å². The summed E-state index contributed by atoms with van der Waals surface area (Å²) < 4.78 is 7.67. The van der Waals surface area contributed by atoms with Crippen LogP contribution in [0.2, 0.25) is 0 Å². The van der Waals surface area contributed by atoms with Gasteiger partial charge in [0.15, 0.2) is 0 Å². The molecule has 2 aliphatic rings. The second-order valence-electron chi connectivity index (χ2n) is 8.78. The molecule has 0 saturated carbocycles. The van der Waals surface area contributed by atoms with Crippen molar-refractivity contribution in [3.05, 3.63) is 60.3 Å². The van der Waals surface area contributed by atoms with Crippen LogP contribution in [0.5, 0.6) is 0 Å². The molecule has 0 atom stereocenters. The van der Waals surface area contributed by atoms with E-state index in [0.717, 1.165) is 55.9 Å². The number of anilines is 2. The number of ether oxygens (including phenoxy) is 1. The van der Waals surface area contributed by atoms with E-state index >= 15 is 0 Å². The van der Waals surface area contributed by atoms with Crippen LogP contribution in [-0.4, -0.2) is 59.8 Å². The number of aryl methyl sites for hydroxylation is 1. The molecule has 0 spiro atoms. The molecule has 5 rings (SSSR count). The molecule has 8 nitrogen and oxygen atoms in total. The summed E-state index contributed by atoms with van der Waals surface area (Å²) in [7, 11) is 0. The Hall–Kier alpha value is -3.49. The van der Waals surface area contributed by atoms with E-state index in [1.165, 1.54) is 5.01 Å². The lowest BCUT2D eigenvalue weighted by Crippen LogP contribution is -2.38. The molecule has 3 heterocycles. The van der Waals surface area contributed by atoms with Gasteiger partial charge in [-0.15, -0.1) is 0 Å². The fourth-order valence-corrected chi connectivity index (χ4v) is 4.43. The van der Waals surface area contributed by atoms with E-state index in [4.69, 9.17) is 4.74 Å². The normalized spacial score (nSPS) is 17.1. The SMILES string of the molecule is Cc1cccc(N2N=C(C(=O)Nc3ccc4c(ccn4CCN4CCOCC4)c3)CCC2=O)c1. The number of rotatable bonds is 6. The summed E-state index contributed by atoms with van der Waals surface area (Å²) >= 11 is 0. The maximum absolute atomic E-state index is 12.9. The topological polar surface area (TPSA) is 79.2 Å². The van der Waals surface area contributed by atoms with Crippen LogP contribution < -0.4 is 10.3 Å². The highest BCUT2D eigenvalue weighted by molar-refractivity contribution is 6.44. The van der Waals surface area contributed by atoms with Crippen LogP contribution in [0.1, 0.15) is 18.4 Å². The van der Waals surface area contributed by atoms with Crippen molar-refractivity contribution in [2.75, 3.05) is 43.2 Å². The van der Waals surface area contributed by atoms with Crippen LogP contribution in [0, 0.1) is 6.92 Å². The van der Waals surface area contributed by atoms with Gasteiger partial charge in [0.05, 0.1) is 18.9 Å². The molecule has 2 aliphatic heterocycles. The average Bonchev–Trinajstić information content (AvgIpc) is 3.26. The van der Waals surface area contributed by atoms with Crippen LogP contribution in [0.3, 0.4) is 0 Å². The van der Waals surface area contributed by atoms with Crippen molar-refractivity contribution in [1.29, 1.82) is 0 Å². The standard InChI is InChI=1S/C26H29N5O3/c1-19-3-2-4-22(17-19)31-25(32)8-6-23(28-31)26(33)27-21-5-7-24-20(18-21)9-10-30(24)12-11-29-13-15-34-16-14-29/h2-5,7,9-10,17-18H,6,8,11-16H2,1H3,(H,27,33). The third-order valence-corrected chi connectivity index (χ3v) is 6.33. The molecule has 0 bridgehead atoms. The van der Waals surface area contributed by atoms with Gasteiger partial charge in [0.1, 0.15) is 5.71 Å². The lowest BCUT2D eigenvalue weighted by Gasteiger charge is -2.26. The number of hydrogen-bond acceptors (Lipinski definition) is 5. The molecule has 176 valence electrons. The van der Waals surface area contributed by atoms with Crippen molar-refractivity contribution in [2.24, 2.45) is 5.10 Å². The van der Waals surface area contributed by atoms with Crippen LogP contribution in [0.25, 0.3) is 10.9 Å². The van der Waals surface area contributed by atoms with Crippen molar-refractivity contribution in [1.82, 2.24) is 9.47 Å². The fraction of sp³-hybridized carbons (Fsp3) is 0.346. The Kier molecular flexibility index (Phi) is 6.42. The molecule has 0 radical (unpaired) electrons. The number of nitrogens with zero attached hydrogens (tertiary/aromatic N) is 4. The van der Waals surface area contributed by atoms with Gasteiger partial charge in [-0.2, -0.15) is 5.10 Å². The van der Waals surface area contributed by atoms with Crippen LogP contribution in [0.15, 0.2) is 59.8 Å². The van der Waals surface area contributed by atoms with Gasteiger partial charge in [-0.1, -0.05) is 12.1 Å². The highest BCUT2D eigenvalue weighted by Gasteiger charge is 2.26. The minimum atomic E-state index is -0.281. The van der Waals surface area contributed by atoms with Gasteiger partial charge in [-0.25, -0.2) is 5.01 Å². The summed E-state index contributed by atoms with van der Waals surface area (Å²) in [5.41, 5.74) is 3.91. The van der Waals surface area contributed by atoms with Crippen molar-refractivity contribution in [3.63, 3.8) is 0 Å². The summed E-state index contributed by atoms with van der Waals surface area (Å²) in [6, 6.07) is 15.6. The van der Waals surface area contributed by atoms with Gasteiger partial charge in [-0.3, -0.25) is 14.5 Å². The van der Waals surface area contributed by atoms with Crippen LogP contribution >= 0.6 is 0 Å². The van der Waals surface area contributed by atoms with Gasteiger partial charge in [0, 0.05) is 61.8 Å². The Morgan fingerprint density at radius 3 is 2.74 bits per heavy atom. The lowest BCUT2D eigenvalue weighted by atomic mass is 10.1. The molecule has 0 unspecified atom stereocenters. The first-order valence-electron chi connectivity index (χ1n) is 11.7. The molecular formula is C26H29N5O3. The number of carbonyl (C=O) groups is 2. The number of carbonyl (C=O) groups excluding carboxylic acids is 2. The summed E-state index contributed by atoms with van der Waals surface area (Å²) in [4.78, 5) is 27.8. The summed E-state index contributed by atoms with van der Waals surface area (Å²) in [5.74, 6) is -0.391. The number of morpholine rings is 1. The average molecular weight is 460 g/mol. The number of benzene rings is 2. The monoisotopic (exact) mass is 459 g/mol. The Bertz CT molecular complexity index is 1240. The fourth-order valence-electron chi connectivity index (χ4n) is 4.43. The third-order valence-electron chi connectivity index (χ3n) is 6.33. The quantitative estimate of drug-likeness (QED) is 0.613. The molecule has 2 aromatic carbocycles. The van der Waals surface area contributed by atoms with E-state index in [2.05, 4.69) is 32.1 Å². The Morgan fingerprint density at radius 2 is 1.91 bits per heavy atom. The number of hydrogen-bond donors (Lipinski definition) is 1. The first-order valence-corrected chi connectivity index (χ1v) is 11.7. The third kappa shape index (κ3) is 4.88. The summed E-state index contributed by atoms with van der Waals surface area (Å²) in [6.07, 6.45) is 2.67. The van der Waals surface area contributed by atoms with Gasteiger partial charge >= 0.3 is 0 Å². The lowest BCUT2D eigenvalue weighted by molar-refractivity contribution is -0.118. The Balaban J connectivity index is 1.27. The molecular weight excluding hydrogens is 430 g/mol. The number of hydrazone groups is 1. The van der Waals surface area contributed by atoms with Crippen LogP contribution in [-0.2, 0) is 20.9 Å². The Morgan fingerprint density at radius 1 is 1.06 bits per heavy atom. The maximum Gasteiger partial charge on any atom is 0.271 e. The zero-order chi connectivity index (χ0) is 23.5. The number of fused-ring (bicyclic) bond motifs is 1. The summed E-state index contributed by atoms with van der Waals surface area (Å²) in [5, 5.41) is 9.74. The number of aromatic nitrogens is 1. The maximum atomic E-state index is 12.9. The highest BCUT2D eigenvalue weighted by Crippen LogP contribution is 2.23. The molecule has 34 heavy (non-hydrogen) atoms. The van der Waals surface area contributed by atoms with E-state index in [9.17, 15) is 9.59 Å². The van der Waals surface area contributed by atoms with E-state index < -0.39 is 0 Å². The van der Waals surface area contributed by atoms with Crippen molar-refractivity contribution in [2.45, 2.75) is 26.3 Å². The van der Waals surface area contributed by atoms with Gasteiger partial charge < -0.3 is 14.6 Å². The van der Waals surface area contributed by atoms with Gasteiger partial charge in [-0.05, 0) is 48.9 Å². The molecule has 3 aromatic rings. The molecule has 1 saturated heterocycles. The first kappa shape index (κ1) is 22.3. The largest absolute Gasteiger partial charge is 0.379 e. The van der Waals surface area contributed by atoms with E-state index in [-0.39, 0.29) is 18.2 Å². The highest BCUT2D eigenvalue weighted by atomic mass is 16.5. The van der Waals surface area contributed by atoms with E-state index in [0.29, 0.717) is 23.5 Å².